The number of para-hydroxylation sites is 1. The van der Waals surface area contributed by atoms with Gasteiger partial charge in [-0.3, -0.25) is 0 Å². The van der Waals surface area contributed by atoms with Crippen LogP contribution in [0.25, 0.3) is 0 Å². The molecule has 1 atom stereocenters. The van der Waals surface area contributed by atoms with E-state index in [1.54, 1.807) is 0 Å². The van der Waals surface area contributed by atoms with Crippen LogP contribution in [0, 0.1) is 0 Å². The molecule has 1 fully saturated rings. The first-order valence-corrected chi connectivity index (χ1v) is 8.76. The molecule has 0 bridgehead atoms. The fourth-order valence-corrected chi connectivity index (χ4v) is 3.00. The molecule has 0 heterocycles. The van der Waals surface area contributed by atoms with Crippen LogP contribution in [0.3, 0.4) is 0 Å². The predicted molar refractivity (Wildman–Crippen MR) is 91.0 cm³/mol. The van der Waals surface area contributed by atoms with E-state index in [4.69, 9.17) is 4.74 Å². The van der Waals surface area contributed by atoms with Crippen LogP contribution in [-0.2, 0) is 6.18 Å². The van der Waals surface area contributed by atoms with Crippen LogP contribution in [0.5, 0.6) is 5.75 Å². The highest BCUT2D eigenvalue weighted by molar-refractivity contribution is 5.74. The Morgan fingerprint density at radius 1 is 1.31 bits per heavy atom. The minimum atomic E-state index is -4.53. The Bertz CT molecular complexity index is 589. The number of hydrogen-bond acceptors (Lipinski definition) is 3. The summed E-state index contributed by atoms with van der Waals surface area (Å²) < 4.78 is 43.9. The fourth-order valence-electron chi connectivity index (χ4n) is 3.00. The second-order valence-electron chi connectivity index (χ2n) is 6.62. The zero-order valence-electron chi connectivity index (χ0n) is 14.8. The number of benzene rings is 1. The smallest absolute Gasteiger partial charge is 0.419 e. The van der Waals surface area contributed by atoms with Gasteiger partial charge in [-0.2, -0.15) is 13.2 Å². The molecule has 2 N–H and O–H groups in total. The Kier molecular flexibility index (Phi) is 7.14. The summed E-state index contributed by atoms with van der Waals surface area (Å²) >= 11 is 0. The number of carbonyl (C=O) groups excluding carboxylic acids is 1. The Balaban J connectivity index is 1.81. The van der Waals surface area contributed by atoms with Gasteiger partial charge in [0.15, 0.2) is 0 Å². The maximum atomic E-state index is 12.9. The van der Waals surface area contributed by atoms with Gasteiger partial charge < -0.3 is 20.1 Å². The number of aliphatic hydroxyl groups is 1. The summed E-state index contributed by atoms with van der Waals surface area (Å²) in [6.07, 6.45) is -0.388. The molecule has 5 nitrogen and oxygen atoms in total. The quantitative estimate of drug-likeness (QED) is 0.802. The van der Waals surface area contributed by atoms with Crippen LogP contribution in [-0.4, -0.2) is 48.4 Å². The topological polar surface area (TPSA) is 61.8 Å². The molecular formula is C18H25F3N2O3. The van der Waals surface area contributed by atoms with E-state index in [2.05, 4.69) is 5.32 Å². The Morgan fingerprint density at radius 3 is 2.62 bits per heavy atom. The van der Waals surface area contributed by atoms with E-state index in [0.29, 0.717) is 0 Å². The molecule has 26 heavy (non-hydrogen) atoms. The molecule has 1 aromatic rings. The molecule has 0 aromatic heterocycles. The summed E-state index contributed by atoms with van der Waals surface area (Å²) in [5, 5.41) is 12.9. The number of halogens is 3. The van der Waals surface area contributed by atoms with Crippen LogP contribution < -0.4 is 10.1 Å². The number of rotatable bonds is 6. The van der Waals surface area contributed by atoms with Gasteiger partial charge in [0.2, 0.25) is 0 Å². The number of ether oxygens (including phenoxy) is 1. The van der Waals surface area contributed by atoms with Crippen molar-refractivity contribution in [1.29, 1.82) is 0 Å². The first kappa shape index (κ1) is 20.4. The second kappa shape index (κ2) is 9.12. The van der Waals surface area contributed by atoms with Crippen molar-refractivity contribution >= 4 is 6.03 Å². The molecule has 146 valence electrons. The van der Waals surface area contributed by atoms with Crippen molar-refractivity contribution in [3.8, 4) is 5.75 Å². The molecule has 1 unspecified atom stereocenters. The molecule has 2 rings (SSSR count). The predicted octanol–water partition coefficient (Wildman–Crippen LogP) is 3.42. The van der Waals surface area contributed by atoms with Gasteiger partial charge in [-0.05, 0) is 25.0 Å². The molecule has 1 saturated carbocycles. The van der Waals surface area contributed by atoms with Gasteiger partial charge in [-0.25, -0.2) is 4.79 Å². The molecule has 8 heteroatoms. The zero-order valence-corrected chi connectivity index (χ0v) is 14.8. The molecular weight excluding hydrogens is 349 g/mol. The summed E-state index contributed by atoms with van der Waals surface area (Å²) in [4.78, 5) is 13.4. The number of carbonyl (C=O) groups is 1. The molecule has 0 saturated heterocycles. The second-order valence-corrected chi connectivity index (χ2v) is 6.62. The molecule has 1 aliphatic carbocycles. The zero-order chi connectivity index (χ0) is 19.2. The Hall–Kier alpha value is -1.96. The van der Waals surface area contributed by atoms with Gasteiger partial charge in [0.05, 0.1) is 12.1 Å². The van der Waals surface area contributed by atoms with E-state index < -0.39 is 17.8 Å². The van der Waals surface area contributed by atoms with Gasteiger partial charge in [0, 0.05) is 13.1 Å². The number of amides is 2. The Morgan fingerprint density at radius 2 is 1.96 bits per heavy atom. The Labute approximate surface area is 151 Å². The maximum absolute atomic E-state index is 12.9. The molecule has 0 spiro atoms. The lowest BCUT2D eigenvalue weighted by Gasteiger charge is -2.27. The number of hydrogen-bond donors (Lipinski definition) is 2. The van der Waals surface area contributed by atoms with Crippen molar-refractivity contribution in [2.24, 2.45) is 0 Å². The summed E-state index contributed by atoms with van der Waals surface area (Å²) in [7, 11) is 1.53. The summed E-state index contributed by atoms with van der Waals surface area (Å²) in [6, 6.07) is 4.67. The lowest BCUT2D eigenvalue weighted by Crippen LogP contribution is -2.46. The highest BCUT2D eigenvalue weighted by atomic mass is 19.4. The minimum absolute atomic E-state index is 0.0350. The number of nitrogens with zero attached hydrogens (tertiary/aromatic N) is 1. The van der Waals surface area contributed by atoms with E-state index in [0.717, 1.165) is 31.7 Å². The summed E-state index contributed by atoms with van der Waals surface area (Å²) in [6.45, 7) is -0.374. The van der Waals surface area contributed by atoms with Crippen molar-refractivity contribution in [2.45, 2.75) is 50.4 Å². The average Bonchev–Trinajstić information content (AvgIpc) is 2.60. The fraction of sp³-hybridized carbons (Fsp3) is 0.611. The maximum Gasteiger partial charge on any atom is 0.419 e. The number of nitrogens with one attached hydrogen (secondary N) is 1. The van der Waals surface area contributed by atoms with Crippen molar-refractivity contribution in [3.63, 3.8) is 0 Å². The monoisotopic (exact) mass is 374 g/mol. The molecule has 1 aliphatic rings. The first-order chi connectivity index (χ1) is 12.3. The average molecular weight is 374 g/mol. The largest absolute Gasteiger partial charge is 0.490 e. The third-order valence-electron chi connectivity index (χ3n) is 4.39. The lowest BCUT2D eigenvalue weighted by molar-refractivity contribution is -0.139. The van der Waals surface area contributed by atoms with E-state index in [-0.39, 0.29) is 31.0 Å². The minimum Gasteiger partial charge on any atom is -0.490 e. The van der Waals surface area contributed by atoms with E-state index >= 15 is 0 Å². The highest BCUT2D eigenvalue weighted by Gasteiger charge is 2.34. The van der Waals surface area contributed by atoms with Gasteiger partial charge in [0.25, 0.3) is 0 Å². The van der Waals surface area contributed by atoms with Gasteiger partial charge in [-0.15, -0.1) is 0 Å². The molecule has 0 aliphatic heterocycles. The standard InChI is InChI=1S/C18H25F3N2O3/c1-23(17(25)22-13-7-3-2-4-8-13)11-14(24)12-26-16-10-6-5-9-15(16)18(19,20)21/h5-6,9-10,13-14,24H,2-4,7-8,11-12H2,1H3,(H,22,25). The van der Waals surface area contributed by atoms with Crippen molar-refractivity contribution in [3.05, 3.63) is 29.8 Å². The molecule has 1 aromatic carbocycles. The van der Waals surface area contributed by atoms with Crippen molar-refractivity contribution < 1.29 is 27.8 Å². The summed E-state index contributed by atoms with van der Waals surface area (Å²) in [5.41, 5.74) is -0.893. The third kappa shape index (κ3) is 6.09. The van der Waals surface area contributed by atoms with Crippen LogP contribution in [0.4, 0.5) is 18.0 Å². The first-order valence-electron chi connectivity index (χ1n) is 8.76. The third-order valence-corrected chi connectivity index (χ3v) is 4.39. The van der Waals surface area contributed by atoms with Crippen molar-refractivity contribution in [1.82, 2.24) is 10.2 Å². The van der Waals surface area contributed by atoms with Crippen LogP contribution >= 0.6 is 0 Å². The van der Waals surface area contributed by atoms with Gasteiger partial charge in [-0.1, -0.05) is 31.4 Å². The normalized spacial score (nSPS) is 16.8. The SMILES string of the molecule is CN(CC(O)COc1ccccc1C(F)(F)F)C(=O)NC1CCCCC1. The van der Waals surface area contributed by atoms with Gasteiger partial charge >= 0.3 is 12.2 Å². The van der Waals surface area contributed by atoms with E-state index in [1.807, 2.05) is 0 Å². The van der Waals surface area contributed by atoms with Crippen LogP contribution in [0.15, 0.2) is 24.3 Å². The van der Waals surface area contributed by atoms with E-state index in [1.165, 1.54) is 36.6 Å². The highest BCUT2D eigenvalue weighted by Crippen LogP contribution is 2.35. The number of urea groups is 1. The summed E-state index contributed by atoms with van der Waals surface area (Å²) in [5.74, 6) is -0.339. The molecule has 0 radical (unpaired) electrons. The lowest BCUT2D eigenvalue weighted by atomic mass is 9.96. The molecule has 2 amide bonds. The van der Waals surface area contributed by atoms with Crippen LogP contribution in [0.1, 0.15) is 37.7 Å². The van der Waals surface area contributed by atoms with E-state index in [9.17, 15) is 23.1 Å². The van der Waals surface area contributed by atoms with Gasteiger partial charge in [0.1, 0.15) is 18.5 Å². The van der Waals surface area contributed by atoms with Crippen LogP contribution in [0.2, 0.25) is 0 Å². The van der Waals surface area contributed by atoms with Crippen molar-refractivity contribution in [2.75, 3.05) is 20.2 Å². The number of likely N-dealkylation sites (N-methyl/N-ethyl adjacent to an activating group) is 1. The number of alkyl halides is 3. The number of aliphatic hydroxyl groups excluding tert-OH is 1.